The van der Waals surface area contributed by atoms with Crippen LogP contribution in [0.1, 0.15) is 47.0 Å². The van der Waals surface area contributed by atoms with Gasteiger partial charge >= 0.3 is 0 Å². The van der Waals surface area contributed by atoms with E-state index in [-0.39, 0.29) is 0 Å². The Labute approximate surface area is 174 Å². The van der Waals surface area contributed by atoms with Crippen molar-refractivity contribution in [2.24, 2.45) is 5.92 Å². The molecule has 0 fully saturated rings. The van der Waals surface area contributed by atoms with Gasteiger partial charge < -0.3 is 0 Å². The Bertz CT molecular complexity index is 557. The molecule has 1 aromatic carbocycles. The second kappa shape index (κ2) is 10.1. The van der Waals surface area contributed by atoms with Gasteiger partial charge in [-0.1, -0.05) is 139 Å². The minimum Gasteiger partial charge on any atom is -0.0694 e. The number of hydrogen-bond acceptors (Lipinski definition) is 0. The molecule has 0 spiro atoms. The summed E-state index contributed by atoms with van der Waals surface area (Å²) < 4.78 is 0. The van der Waals surface area contributed by atoms with Crippen molar-refractivity contribution in [2.45, 2.75) is 110 Å². The molecule has 0 bridgehead atoms. The lowest BCUT2D eigenvalue weighted by atomic mass is 10.1. The average molecular weight is 421 g/mol. The normalized spacial score (nSPS) is 15.6. The Hall–Kier alpha value is -0.129. The smallest absolute Gasteiger partial charge is 0.0694 e. The number of hydrogen-bond donors (Lipinski definition) is 0. The average Bonchev–Trinajstić information content (AvgIpc) is 2.64. The fourth-order valence-electron chi connectivity index (χ4n) is 3.91. The lowest BCUT2D eigenvalue weighted by Gasteiger charge is -2.32. The van der Waals surface area contributed by atoms with Crippen molar-refractivity contribution >= 4 is 34.6 Å². The molecule has 27 heavy (non-hydrogen) atoms. The Balaban J connectivity index is 2.78. The van der Waals surface area contributed by atoms with Crippen LogP contribution in [0.3, 0.4) is 0 Å². The van der Waals surface area contributed by atoms with Gasteiger partial charge in [-0.15, -0.1) is 0 Å². The number of benzene rings is 1. The van der Waals surface area contributed by atoms with Gasteiger partial charge in [0.15, 0.2) is 0 Å². The summed E-state index contributed by atoms with van der Waals surface area (Å²) in [6.45, 7) is 25.1. The predicted octanol–water partition coefficient (Wildman–Crippen LogP) is 7.46. The summed E-state index contributed by atoms with van der Waals surface area (Å²) in [5.74, 6) is 0.910. The van der Waals surface area contributed by atoms with Crippen LogP contribution in [-0.4, -0.2) is 24.2 Å². The summed E-state index contributed by atoms with van der Waals surface area (Å²) in [7, 11) is -3.68. The molecule has 0 N–H and O–H groups in total. The van der Waals surface area contributed by atoms with Crippen molar-refractivity contribution in [2.75, 3.05) is 0 Å². The maximum Gasteiger partial charge on any atom is 0.0834 e. The molecule has 0 saturated heterocycles. The van der Waals surface area contributed by atoms with E-state index in [0.29, 0.717) is 0 Å². The van der Waals surface area contributed by atoms with E-state index in [1.165, 1.54) is 37.4 Å². The van der Waals surface area contributed by atoms with Crippen LogP contribution in [0, 0.1) is 5.92 Å². The molecule has 2 atom stereocenters. The van der Waals surface area contributed by atoms with Crippen molar-refractivity contribution < 1.29 is 0 Å². The third-order valence-corrected chi connectivity index (χ3v) is 19.5. The molecule has 0 aromatic heterocycles. The van der Waals surface area contributed by atoms with E-state index < -0.39 is 24.2 Å². The second-order valence-electron chi connectivity index (χ2n) is 11.2. The fourth-order valence-corrected chi connectivity index (χ4v) is 14.6. The Kier molecular flexibility index (Phi) is 9.29. The van der Waals surface area contributed by atoms with Gasteiger partial charge in [-0.05, 0) is 11.5 Å². The SMILES string of the molecule is CCC(C)[Si](C)(C)c1ccc([Si](C)(C)CC[Si](C)(C)CC[C@H](C)CC)cc1. The van der Waals surface area contributed by atoms with Gasteiger partial charge in [0.1, 0.15) is 0 Å². The summed E-state index contributed by atoms with van der Waals surface area (Å²) in [6, 6.07) is 14.5. The molecule has 0 nitrogen and oxygen atoms in total. The highest BCUT2D eigenvalue weighted by Gasteiger charge is 2.31. The van der Waals surface area contributed by atoms with Crippen LogP contribution in [0.15, 0.2) is 24.3 Å². The van der Waals surface area contributed by atoms with Gasteiger partial charge in [0.2, 0.25) is 0 Å². The molecule has 1 unspecified atom stereocenters. The molecule has 156 valence electrons. The van der Waals surface area contributed by atoms with Crippen LogP contribution in [0.2, 0.25) is 63.0 Å². The van der Waals surface area contributed by atoms with E-state index in [0.717, 1.165) is 11.5 Å². The Morgan fingerprint density at radius 3 is 1.70 bits per heavy atom. The highest BCUT2D eigenvalue weighted by Crippen LogP contribution is 2.27. The van der Waals surface area contributed by atoms with Crippen LogP contribution in [-0.2, 0) is 0 Å². The van der Waals surface area contributed by atoms with Gasteiger partial charge in [0, 0.05) is 8.07 Å². The molecular formula is C24H48Si3. The van der Waals surface area contributed by atoms with E-state index in [1.54, 1.807) is 10.4 Å². The topological polar surface area (TPSA) is 0 Å². The van der Waals surface area contributed by atoms with Crippen molar-refractivity contribution in [1.29, 1.82) is 0 Å². The highest BCUT2D eigenvalue weighted by molar-refractivity contribution is 6.92. The Morgan fingerprint density at radius 1 is 0.704 bits per heavy atom. The molecule has 0 aliphatic heterocycles. The zero-order valence-electron chi connectivity index (χ0n) is 20.2. The molecule has 0 saturated carbocycles. The van der Waals surface area contributed by atoms with Crippen LogP contribution >= 0.6 is 0 Å². The highest BCUT2D eigenvalue weighted by atomic mass is 28.3. The minimum atomic E-state index is -1.32. The molecule has 3 heteroatoms. The first-order valence-corrected chi connectivity index (χ1v) is 21.2. The number of rotatable bonds is 11. The molecule has 1 aromatic rings. The van der Waals surface area contributed by atoms with Crippen LogP contribution in [0.25, 0.3) is 0 Å². The first-order chi connectivity index (χ1) is 12.4. The van der Waals surface area contributed by atoms with Crippen molar-refractivity contribution in [3.63, 3.8) is 0 Å². The lowest BCUT2D eigenvalue weighted by molar-refractivity contribution is 0.540. The predicted molar refractivity (Wildman–Crippen MR) is 136 cm³/mol. The fraction of sp³-hybridized carbons (Fsp3) is 0.750. The molecule has 1 rings (SSSR count). The summed E-state index contributed by atoms with van der Waals surface area (Å²) in [5, 5.41) is 3.32. The summed E-state index contributed by atoms with van der Waals surface area (Å²) in [5.41, 5.74) is 0.853. The molecule has 0 heterocycles. The first kappa shape index (κ1) is 24.9. The quantitative estimate of drug-likeness (QED) is 0.326. The molecule has 0 amide bonds. The Morgan fingerprint density at radius 2 is 1.22 bits per heavy atom. The van der Waals surface area contributed by atoms with Crippen molar-refractivity contribution in [1.82, 2.24) is 0 Å². The summed E-state index contributed by atoms with van der Waals surface area (Å²) in [4.78, 5) is 0. The van der Waals surface area contributed by atoms with Crippen LogP contribution in [0.5, 0.6) is 0 Å². The molecule has 0 aliphatic rings. The maximum absolute atomic E-state index is 2.63. The van der Waals surface area contributed by atoms with Crippen molar-refractivity contribution in [3.8, 4) is 0 Å². The minimum absolute atomic E-state index is 0.853. The van der Waals surface area contributed by atoms with Crippen LogP contribution < -0.4 is 10.4 Å². The summed E-state index contributed by atoms with van der Waals surface area (Å²) in [6.07, 6.45) is 4.09. The zero-order chi connectivity index (χ0) is 20.9. The van der Waals surface area contributed by atoms with Crippen molar-refractivity contribution in [3.05, 3.63) is 24.3 Å². The third-order valence-electron chi connectivity index (χ3n) is 7.69. The van der Waals surface area contributed by atoms with E-state index in [1.807, 2.05) is 0 Å². The zero-order valence-corrected chi connectivity index (χ0v) is 23.2. The van der Waals surface area contributed by atoms with Gasteiger partial charge in [-0.3, -0.25) is 0 Å². The first-order valence-electron chi connectivity index (χ1n) is 11.5. The third kappa shape index (κ3) is 7.32. The molecule has 0 aliphatic carbocycles. The van der Waals surface area contributed by atoms with E-state index >= 15 is 0 Å². The van der Waals surface area contributed by atoms with Gasteiger partial charge in [0.25, 0.3) is 0 Å². The monoisotopic (exact) mass is 420 g/mol. The van der Waals surface area contributed by atoms with Crippen LogP contribution in [0.4, 0.5) is 0 Å². The summed E-state index contributed by atoms with van der Waals surface area (Å²) >= 11 is 0. The van der Waals surface area contributed by atoms with E-state index in [2.05, 4.69) is 91.2 Å². The van der Waals surface area contributed by atoms with E-state index in [9.17, 15) is 0 Å². The standard InChI is InChI=1S/C24H48Si3/c1-11-21(3)17-18-25(5,6)19-20-26(7,8)23-13-15-24(16-14-23)27(9,10)22(4)12-2/h13-16,21-22H,11-12,17-20H2,1-10H3/t21-,22?/m1/s1. The van der Waals surface area contributed by atoms with Gasteiger partial charge in [-0.2, -0.15) is 0 Å². The molecular weight excluding hydrogens is 373 g/mol. The largest absolute Gasteiger partial charge is 0.0834 e. The maximum atomic E-state index is 2.63. The van der Waals surface area contributed by atoms with Gasteiger partial charge in [-0.25, -0.2) is 0 Å². The molecule has 0 radical (unpaired) electrons. The van der Waals surface area contributed by atoms with E-state index in [4.69, 9.17) is 0 Å². The second-order valence-corrected chi connectivity index (χ2v) is 26.4. The lowest BCUT2D eigenvalue weighted by Crippen LogP contribution is -2.47. The van der Waals surface area contributed by atoms with Gasteiger partial charge in [0.05, 0.1) is 16.1 Å².